The Morgan fingerprint density at radius 1 is 1.31 bits per heavy atom. The standard InChI is InChI=1S/C11H21NO/c1-3-10(2)9-13-12-11-7-5-4-6-8-11/h10H,3-9H2,1-2H3. The summed E-state index contributed by atoms with van der Waals surface area (Å²) < 4.78 is 0. The number of rotatable bonds is 4. The summed E-state index contributed by atoms with van der Waals surface area (Å²) in [6, 6.07) is 0. The average molecular weight is 183 g/mol. The highest BCUT2D eigenvalue weighted by Crippen LogP contribution is 2.15. The molecule has 0 amide bonds. The Bertz CT molecular complexity index is 157. The van der Waals surface area contributed by atoms with E-state index in [9.17, 15) is 0 Å². The Morgan fingerprint density at radius 2 is 2.00 bits per heavy atom. The zero-order valence-electron chi connectivity index (χ0n) is 8.88. The van der Waals surface area contributed by atoms with Gasteiger partial charge in [-0.2, -0.15) is 0 Å². The summed E-state index contributed by atoms with van der Waals surface area (Å²) >= 11 is 0. The van der Waals surface area contributed by atoms with Crippen LogP contribution in [0.25, 0.3) is 0 Å². The van der Waals surface area contributed by atoms with Crippen LogP contribution in [-0.2, 0) is 4.84 Å². The summed E-state index contributed by atoms with van der Waals surface area (Å²) in [6.45, 7) is 5.16. The first-order valence-electron chi connectivity index (χ1n) is 5.50. The third-order valence-corrected chi connectivity index (χ3v) is 2.68. The van der Waals surface area contributed by atoms with Crippen LogP contribution in [0.2, 0.25) is 0 Å². The molecule has 0 aromatic carbocycles. The zero-order chi connectivity index (χ0) is 9.52. The first-order valence-corrected chi connectivity index (χ1v) is 5.50. The third kappa shape index (κ3) is 4.30. The van der Waals surface area contributed by atoms with E-state index in [1.54, 1.807) is 0 Å². The monoisotopic (exact) mass is 183 g/mol. The van der Waals surface area contributed by atoms with Gasteiger partial charge in [0.15, 0.2) is 0 Å². The number of nitrogens with zero attached hydrogens (tertiary/aromatic N) is 1. The van der Waals surface area contributed by atoms with Crippen LogP contribution in [0.5, 0.6) is 0 Å². The van der Waals surface area contributed by atoms with Gasteiger partial charge in [0.2, 0.25) is 0 Å². The second kappa shape index (κ2) is 6.01. The molecule has 13 heavy (non-hydrogen) atoms. The van der Waals surface area contributed by atoms with Crippen LogP contribution in [0.15, 0.2) is 5.16 Å². The maximum atomic E-state index is 5.31. The molecule has 1 atom stereocenters. The minimum absolute atomic E-state index is 0.632. The maximum absolute atomic E-state index is 5.31. The highest BCUT2D eigenvalue weighted by molar-refractivity contribution is 5.84. The molecule has 1 aliphatic rings. The number of oxime groups is 1. The summed E-state index contributed by atoms with van der Waals surface area (Å²) in [6.07, 6.45) is 7.44. The van der Waals surface area contributed by atoms with Crippen LogP contribution in [0.1, 0.15) is 52.4 Å². The van der Waals surface area contributed by atoms with E-state index in [1.165, 1.54) is 31.4 Å². The van der Waals surface area contributed by atoms with E-state index in [4.69, 9.17) is 4.84 Å². The van der Waals surface area contributed by atoms with Gasteiger partial charge in [0, 0.05) is 0 Å². The Kier molecular flexibility index (Phi) is 4.87. The zero-order valence-corrected chi connectivity index (χ0v) is 8.88. The van der Waals surface area contributed by atoms with Crippen LogP contribution in [0.3, 0.4) is 0 Å². The molecule has 76 valence electrons. The Balaban J connectivity index is 2.14. The largest absolute Gasteiger partial charge is 0.396 e. The van der Waals surface area contributed by atoms with E-state index in [-0.39, 0.29) is 0 Å². The van der Waals surface area contributed by atoms with Gasteiger partial charge in [0.05, 0.1) is 5.71 Å². The topological polar surface area (TPSA) is 21.6 Å². The lowest BCUT2D eigenvalue weighted by molar-refractivity contribution is 0.110. The van der Waals surface area contributed by atoms with Crippen LogP contribution in [0, 0.1) is 5.92 Å². The van der Waals surface area contributed by atoms with E-state index in [2.05, 4.69) is 19.0 Å². The van der Waals surface area contributed by atoms with E-state index < -0.39 is 0 Å². The van der Waals surface area contributed by atoms with E-state index in [0.29, 0.717) is 5.92 Å². The fourth-order valence-electron chi connectivity index (χ4n) is 1.42. The van der Waals surface area contributed by atoms with Gasteiger partial charge >= 0.3 is 0 Å². The predicted molar refractivity (Wildman–Crippen MR) is 55.9 cm³/mol. The van der Waals surface area contributed by atoms with Crippen molar-refractivity contribution in [2.24, 2.45) is 11.1 Å². The molecule has 1 rings (SSSR count). The summed E-state index contributed by atoms with van der Waals surface area (Å²) in [7, 11) is 0. The highest BCUT2D eigenvalue weighted by atomic mass is 16.6. The molecule has 0 spiro atoms. The van der Waals surface area contributed by atoms with Gasteiger partial charge < -0.3 is 4.84 Å². The Labute approximate surface area is 81.3 Å². The van der Waals surface area contributed by atoms with Crippen molar-refractivity contribution in [3.63, 3.8) is 0 Å². The quantitative estimate of drug-likeness (QED) is 0.612. The lowest BCUT2D eigenvalue weighted by atomic mass is 9.99. The van der Waals surface area contributed by atoms with Crippen molar-refractivity contribution in [3.05, 3.63) is 0 Å². The fourth-order valence-corrected chi connectivity index (χ4v) is 1.42. The molecule has 1 saturated carbocycles. The molecular weight excluding hydrogens is 162 g/mol. The molecule has 0 radical (unpaired) electrons. The molecule has 2 heteroatoms. The fraction of sp³-hybridized carbons (Fsp3) is 0.909. The van der Waals surface area contributed by atoms with E-state index in [1.807, 2.05) is 0 Å². The van der Waals surface area contributed by atoms with Crippen LogP contribution in [-0.4, -0.2) is 12.3 Å². The van der Waals surface area contributed by atoms with E-state index in [0.717, 1.165) is 19.4 Å². The van der Waals surface area contributed by atoms with Gasteiger partial charge in [-0.3, -0.25) is 0 Å². The number of hydrogen-bond acceptors (Lipinski definition) is 2. The van der Waals surface area contributed by atoms with Crippen molar-refractivity contribution in [3.8, 4) is 0 Å². The van der Waals surface area contributed by atoms with Crippen molar-refractivity contribution in [2.75, 3.05) is 6.61 Å². The van der Waals surface area contributed by atoms with Gasteiger partial charge in [-0.25, -0.2) is 0 Å². The maximum Gasteiger partial charge on any atom is 0.119 e. The van der Waals surface area contributed by atoms with Crippen molar-refractivity contribution in [1.82, 2.24) is 0 Å². The molecule has 0 N–H and O–H groups in total. The van der Waals surface area contributed by atoms with Crippen molar-refractivity contribution >= 4 is 5.71 Å². The molecule has 2 nitrogen and oxygen atoms in total. The Hall–Kier alpha value is -0.530. The van der Waals surface area contributed by atoms with Crippen LogP contribution >= 0.6 is 0 Å². The molecule has 1 fully saturated rings. The normalized spacial score (nSPS) is 19.7. The third-order valence-electron chi connectivity index (χ3n) is 2.68. The van der Waals surface area contributed by atoms with Crippen molar-refractivity contribution in [1.29, 1.82) is 0 Å². The Morgan fingerprint density at radius 3 is 2.62 bits per heavy atom. The molecule has 0 aliphatic heterocycles. The summed E-state index contributed by atoms with van der Waals surface area (Å²) in [5.74, 6) is 0.632. The smallest absolute Gasteiger partial charge is 0.119 e. The van der Waals surface area contributed by atoms with Gasteiger partial charge in [-0.15, -0.1) is 0 Å². The summed E-state index contributed by atoms with van der Waals surface area (Å²) in [5, 5.41) is 4.19. The van der Waals surface area contributed by atoms with Gasteiger partial charge in [0.1, 0.15) is 6.61 Å². The van der Waals surface area contributed by atoms with Gasteiger partial charge in [-0.05, 0) is 31.6 Å². The predicted octanol–water partition coefficient (Wildman–Crippen LogP) is 3.37. The first-order chi connectivity index (χ1) is 6.33. The van der Waals surface area contributed by atoms with Gasteiger partial charge in [0.25, 0.3) is 0 Å². The van der Waals surface area contributed by atoms with Crippen molar-refractivity contribution in [2.45, 2.75) is 52.4 Å². The minimum Gasteiger partial charge on any atom is -0.396 e. The molecule has 1 unspecified atom stereocenters. The molecule has 0 heterocycles. The molecule has 0 bridgehead atoms. The highest BCUT2D eigenvalue weighted by Gasteiger charge is 2.07. The molecule has 0 aromatic rings. The first kappa shape index (κ1) is 10.6. The molecule has 1 aliphatic carbocycles. The molecular formula is C11H21NO. The van der Waals surface area contributed by atoms with Crippen molar-refractivity contribution < 1.29 is 4.84 Å². The second-order valence-corrected chi connectivity index (χ2v) is 4.03. The van der Waals surface area contributed by atoms with Crippen LogP contribution in [0.4, 0.5) is 0 Å². The lowest BCUT2D eigenvalue weighted by Gasteiger charge is -2.12. The van der Waals surface area contributed by atoms with Crippen LogP contribution < -0.4 is 0 Å². The number of hydrogen-bond donors (Lipinski definition) is 0. The van der Waals surface area contributed by atoms with Gasteiger partial charge in [-0.1, -0.05) is 31.8 Å². The SMILES string of the molecule is CCC(C)CON=C1CCCCC1. The summed E-state index contributed by atoms with van der Waals surface area (Å²) in [5.41, 5.74) is 1.27. The summed E-state index contributed by atoms with van der Waals surface area (Å²) in [4.78, 5) is 5.31. The molecule has 0 saturated heterocycles. The average Bonchev–Trinajstić information content (AvgIpc) is 2.19. The lowest BCUT2D eigenvalue weighted by Crippen LogP contribution is -2.07. The molecule has 0 aromatic heterocycles. The minimum atomic E-state index is 0.632. The van der Waals surface area contributed by atoms with E-state index >= 15 is 0 Å². The second-order valence-electron chi connectivity index (χ2n) is 4.03.